The molecule has 0 bridgehead atoms. The van der Waals surface area contributed by atoms with Crippen molar-refractivity contribution in [2.45, 2.75) is 39.8 Å². The molecule has 0 radical (unpaired) electrons. The molecule has 0 N–H and O–H groups in total. The van der Waals surface area contributed by atoms with Crippen molar-refractivity contribution in [3.05, 3.63) is 64.7 Å². The molecule has 0 aromatic heterocycles. The molecule has 3 heteroatoms. The molecule has 1 heterocycles. The molecule has 0 spiro atoms. The molecule has 2 aromatic carbocycles. The Morgan fingerprint density at radius 1 is 1.17 bits per heavy atom. The first-order valence-electron chi connectivity index (χ1n) is 8.18. The Bertz CT molecular complexity index is 721. The molecule has 0 aliphatic carbocycles. The molecule has 1 amide bonds. The molecule has 2 aromatic rings. The van der Waals surface area contributed by atoms with Crippen molar-refractivity contribution in [3.63, 3.8) is 0 Å². The Hall–Kier alpha value is -2.29. The zero-order valence-corrected chi connectivity index (χ0v) is 14.0. The van der Waals surface area contributed by atoms with E-state index in [-0.39, 0.29) is 12.0 Å². The highest BCUT2D eigenvalue weighted by Gasteiger charge is 2.26. The molecular formula is C20H23NO2. The Kier molecular flexibility index (Phi) is 4.37. The molecule has 0 atom stereocenters. The number of nitrogens with zero attached hydrogens (tertiary/aromatic N) is 1. The van der Waals surface area contributed by atoms with Gasteiger partial charge in [0.15, 0.2) is 0 Å². The maximum atomic E-state index is 12.8. The van der Waals surface area contributed by atoms with Crippen LogP contribution >= 0.6 is 0 Å². The lowest BCUT2D eigenvalue weighted by Crippen LogP contribution is -2.37. The van der Waals surface area contributed by atoms with Crippen LogP contribution in [-0.2, 0) is 13.0 Å². The van der Waals surface area contributed by atoms with Gasteiger partial charge in [0, 0.05) is 24.2 Å². The van der Waals surface area contributed by atoms with Crippen molar-refractivity contribution in [1.29, 1.82) is 0 Å². The van der Waals surface area contributed by atoms with Gasteiger partial charge >= 0.3 is 0 Å². The molecule has 23 heavy (non-hydrogen) atoms. The van der Waals surface area contributed by atoms with Gasteiger partial charge in [-0.05, 0) is 44.9 Å². The molecule has 0 saturated carbocycles. The summed E-state index contributed by atoms with van der Waals surface area (Å²) in [4.78, 5) is 14.7. The topological polar surface area (TPSA) is 29.5 Å². The van der Waals surface area contributed by atoms with Crippen LogP contribution in [0.4, 0.5) is 0 Å². The quantitative estimate of drug-likeness (QED) is 0.855. The number of carbonyl (C=O) groups is 1. The molecule has 0 fully saturated rings. The summed E-state index contributed by atoms with van der Waals surface area (Å²) in [6, 6.07) is 14.1. The lowest BCUT2D eigenvalue weighted by Gasteiger charge is -2.30. The second-order valence-corrected chi connectivity index (χ2v) is 6.41. The van der Waals surface area contributed by atoms with E-state index in [0.717, 1.165) is 29.8 Å². The minimum atomic E-state index is 0.0990. The molecule has 1 aliphatic rings. The Labute approximate surface area is 137 Å². The monoisotopic (exact) mass is 309 g/mol. The van der Waals surface area contributed by atoms with Gasteiger partial charge in [0.2, 0.25) is 0 Å². The number of carbonyl (C=O) groups excluding carboxylic acids is 1. The number of benzene rings is 2. The highest BCUT2D eigenvalue weighted by atomic mass is 16.5. The van der Waals surface area contributed by atoms with Gasteiger partial charge in [0.25, 0.3) is 5.91 Å². The average molecular weight is 309 g/mol. The standard InChI is InChI=1S/C20H23NO2/c1-14(2)23-19-9-5-8-18-17(19)10-11-21(20(18)22)13-16-7-4-6-15(3)12-16/h4-9,12,14H,10-11,13H2,1-3H3. The summed E-state index contributed by atoms with van der Waals surface area (Å²) in [6.07, 6.45) is 0.956. The first kappa shape index (κ1) is 15.6. The van der Waals surface area contributed by atoms with Crippen LogP contribution in [0, 0.1) is 6.92 Å². The van der Waals surface area contributed by atoms with Crippen LogP contribution in [0.25, 0.3) is 0 Å². The van der Waals surface area contributed by atoms with Crippen LogP contribution in [0.2, 0.25) is 0 Å². The summed E-state index contributed by atoms with van der Waals surface area (Å²) < 4.78 is 5.86. The van der Waals surface area contributed by atoms with Gasteiger partial charge in [0.1, 0.15) is 5.75 Å². The van der Waals surface area contributed by atoms with Crippen molar-refractivity contribution in [3.8, 4) is 5.75 Å². The lowest BCUT2D eigenvalue weighted by atomic mass is 9.97. The van der Waals surface area contributed by atoms with Crippen LogP contribution in [0.15, 0.2) is 42.5 Å². The van der Waals surface area contributed by atoms with Gasteiger partial charge in [-0.15, -0.1) is 0 Å². The van der Waals surface area contributed by atoms with Crippen molar-refractivity contribution >= 4 is 5.91 Å². The second kappa shape index (κ2) is 6.45. The molecule has 3 nitrogen and oxygen atoms in total. The first-order valence-corrected chi connectivity index (χ1v) is 8.18. The molecule has 3 rings (SSSR count). The van der Waals surface area contributed by atoms with E-state index in [2.05, 4.69) is 25.1 Å². The van der Waals surface area contributed by atoms with Gasteiger partial charge in [-0.2, -0.15) is 0 Å². The number of rotatable bonds is 4. The predicted molar refractivity (Wildman–Crippen MR) is 91.8 cm³/mol. The fraction of sp³-hybridized carbons (Fsp3) is 0.350. The lowest BCUT2D eigenvalue weighted by molar-refractivity contribution is 0.0724. The normalized spacial score (nSPS) is 14.1. The average Bonchev–Trinajstić information content (AvgIpc) is 2.50. The SMILES string of the molecule is Cc1cccc(CN2CCc3c(OC(C)C)cccc3C2=O)c1. The molecule has 120 valence electrons. The van der Waals surface area contributed by atoms with Gasteiger partial charge in [0.05, 0.1) is 6.10 Å². The highest BCUT2D eigenvalue weighted by molar-refractivity contribution is 5.97. The fourth-order valence-electron chi connectivity index (χ4n) is 3.09. The third kappa shape index (κ3) is 3.39. The largest absolute Gasteiger partial charge is 0.491 e. The second-order valence-electron chi connectivity index (χ2n) is 6.41. The maximum absolute atomic E-state index is 12.8. The maximum Gasteiger partial charge on any atom is 0.254 e. The molecular weight excluding hydrogens is 286 g/mol. The van der Waals surface area contributed by atoms with E-state index in [1.54, 1.807) is 0 Å². The summed E-state index contributed by atoms with van der Waals surface area (Å²) in [5, 5.41) is 0. The minimum Gasteiger partial charge on any atom is -0.491 e. The zero-order chi connectivity index (χ0) is 16.4. The number of hydrogen-bond donors (Lipinski definition) is 0. The van der Waals surface area contributed by atoms with E-state index in [0.29, 0.717) is 6.54 Å². The Morgan fingerprint density at radius 3 is 2.70 bits per heavy atom. The molecule has 0 saturated heterocycles. The molecule has 0 unspecified atom stereocenters. The zero-order valence-electron chi connectivity index (χ0n) is 14.0. The predicted octanol–water partition coefficient (Wildman–Crippen LogP) is 3.98. The van der Waals surface area contributed by atoms with Crippen LogP contribution in [-0.4, -0.2) is 23.5 Å². The summed E-state index contributed by atoms with van der Waals surface area (Å²) in [5.74, 6) is 0.947. The Balaban J connectivity index is 1.83. The number of ether oxygens (including phenoxy) is 1. The van der Waals surface area contributed by atoms with Crippen LogP contribution in [0.5, 0.6) is 5.75 Å². The minimum absolute atomic E-state index is 0.0990. The number of fused-ring (bicyclic) bond motifs is 1. The van der Waals surface area contributed by atoms with Gasteiger partial charge in [-0.25, -0.2) is 0 Å². The highest BCUT2D eigenvalue weighted by Crippen LogP contribution is 2.29. The van der Waals surface area contributed by atoms with E-state index >= 15 is 0 Å². The number of hydrogen-bond acceptors (Lipinski definition) is 2. The summed E-state index contributed by atoms with van der Waals surface area (Å²) >= 11 is 0. The summed E-state index contributed by atoms with van der Waals surface area (Å²) in [5.41, 5.74) is 4.23. The van der Waals surface area contributed by atoms with Crippen LogP contribution in [0.3, 0.4) is 0 Å². The smallest absolute Gasteiger partial charge is 0.254 e. The first-order chi connectivity index (χ1) is 11.0. The van der Waals surface area contributed by atoms with E-state index in [1.165, 1.54) is 11.1 Å². The van der Waals surface area contributed by atoms with Crippen molar-refractivity contribution in [2.75, 3.05) is 6.54 Å². The molecule has 1 aliphatic heterocycles. The number of aryl methyl sites for hydroxylation is 1. The van der Waals surface area contributed by atoms with Crippen molar-refractivity contribution < 1.29 is 9.53 Å². The van der Waals surface area contributed by atoms with Crippen molar-refractivity contribution in [2.24, 2.45) is 0 Å². The third-order valence-corrected chi connectivity index (χ3v) is 4.10. The van der Waals surface area contributed by atoms with Crippen LogP contribution < -0.4 is 4.74 Å². The van der Waals surface area contributed by atoms with E-state index in [9.17, 15) is 4.79 Å². The Morgan fingerprint density at radius 2 is 1.96 bits per heavy atom. The van der Waals surface area contributed by atoms with Crippen molar-refractivity contribution in [1.82, 2.24) is 4.90 Å². The van der Waals surface area contributed by atoms with Gasteiger partial charge in [-0.3, -0.25) is 4.79 Å². The van der Waals surface area contributed by atoms with Gasteiger partial charge in [-0.1, -0.05) is 35.9 Å². The van der Waals surface area contributed by atoms with Gasteiger partial charge < -0.3 is 9.64 Å². The number of amides is 1. The third-order valence-electron chi connectivity index (χ3n) is 4.10. The fourth-order valence-corrected chi connectivity index (χ4v) is 3.09. The van der Waals surface area contributed by atoms with E-state index in [1.807, 2.05) is 43.0 Å². The summed E-state index contributed by atoms with van der Waals surface area (Å²) in [6.45, 7) is 7.49. The van der Waals surface area contributed by atoms with E-state index < -0.39 is 0 Å². The van der Waals surface area contributed by atoms with Crippen LogP contribution in [0.1, 0.15) is 40.9 Å². The summed E-state index contributed by atoms with van der Waals surface area (Å²) in [7, 11) is 0. The van der Waals surface area contributed by atoms with E-state index in [4.69, 9.17) is 4.74 Å².